The summed E-state index contributed by atoms with van der Waals surface area (Å²) in [5.41, 5.74) is 1.12. The van der Waals surface area contributed by atoms with Crippen LogP contribution >= 0.6 is 0 Å². The van der Waals surface area contributed by atoms with E-state index in [2.05, 4.69) is 0 Å². The van der Waals surface area contributed by atoms with Crippen molar-refractivity contribution < 1.29 is 23.5 Å². The van der Waals surface area contributed by atoms with Crippen LogP contribution in [0.3, 0.4) is 0 Å². The Balaban J connectivity index is 1.71. The Morgan fingerprint density at radius 2 is 1.71 bits per heavy atom. The van der Waals surface area contributed by atoms with Gasteiger partial charge in [-0.25, -0.2) is 0 Å². The van der Waals surface area contributed by atoms with Crippen LogP contribution in [0.5, 0.6) is 5.75 Å². The summed E-state index contributed by atoms with van der Waals surface area (Å²) in [4.78, 5) is 40.8. The summed E-state index contributed by atoms with van der Waals surface area (Å²) < 4.78 is 10.5. The Kier molecular flexibility index (Phi) is 4.41. The van der Waals surface area contributed by atoms with E-state index in [1.807, 2.05) is 0 Å². The topological polar surface area (TPSA) is 80.1 Å². The highest BCUT2D eigenvalue weighted by atomic mass is 16.5. The zero-order chi connectivity index (χ0) is 19.7. The van der Waals surface area contributed by atoms with Crippen molar-refractivity contribution in [2.75, 3.05) is 18.7 Å². The minimum atomic E-state index is -0.477. The molecule has 1 aliphatic rings. The van der Waals surface area contributed by atoms with E-state index < -0.39 is 17.7 Å². The van der Waals surface area contributed by atoms with Gasteiger partial charge in [-0.2, -0.15) is 0 Å². The van der Waals surface area contributed by atoms with E-state index >= 15 is 0 Å². The predicted octanol–water partition coefficient (Wildman–Crippen LogP) is 3.19. The number of fused-ring (bicyclic) bond motifs is 1. The van der Waals surface area contributed by atoms with Gasteiger partial charge in [0.2, 0.25) is 0 Å². The van der Waals surface area contributed by atoms with E-state index in [1.54, 1.807) is 54.6 Å². The molecule has 4 rings (SSSR count). The highest BCUT2D eigenvalue weighted by Crippen LogP contribution is 2.27. The summed E-state index contributed by atoms with van der Waals surface area (Å²) in [7, 11) is 1.52. The lowest BCUT2D eigenvalue weighted by Crippen LogP contribution is -2.44. The molecule has 0 saturated heterocycles. The second kappa shape index (κ2) is 7.03. The van der Waals surface area contributed by atoms with Crippen LogP contribution in [0.4, 0.5) is 5.69 Å². The molecule has 2 heterocycles. The maximum atomic E-state index is 13.0. The van der Waals surface area contributed by atoms with Crippen molar-refractivity contribution in [3.8, 4) is 5.75 Å². The largest absolute Gasteiger partial charge is 0.497 e. The molecule has 28 heavy (non-hydrogen) atoms. The molecule has 0 radical (unpaired) electrons. The summed E-state index contributed by atoms with van der Waals surface area (Å²) in [5.74, 6) is -0.729. The molecule has 7 nitrogen and oxygen atoms in total. The van der Waals surface area contributed by atoms with Crippen LogP contribution in [0.2, 0.25) is 0 Å². The van der Waals surface area contributed by atoms with Crippen molar-refractivity contribution in [3.63, 3.8) is 0 Å². The van der Waals surface area contributed by atoms with Crippen molar-refractivity contribution in [3.05, 3.63) is 83.8 Å². The van der Waals surface area contributed by atoms with Gasteiger partial charge in [-0.15, -0.1) is 0 Å². The predicted molar refractivity (Wildman–Crippen MR) is 100 cm³/mol. The van der Waals surface area contributed by atoms with Gasteiger partial charge >= 0.3 is 0 Å². The van der Waals surface area contributed by atoms with Crippen molar-refractivity contribution in [2.24, 2.45) is 0 Å². The average Bonchev–Trinajstić information content (AvgIpc) is 3.35. The summed E-state index contributed by atoms with van der Waals surface area (Å²) in [6.07, 6.45) is 1.39. The summed E-state index contributed by atoms with van der Waals surface area (Å²) in [6.45, 7) is -0.251. The van der Waals surface area contributed by atoms with E-state index in [4.69, 9.17) is 9.15 Å². The van der Waals surface area contributed by atoms with Gasteiger partial charge in [0.15, 0.2) is 5.76 Å². The number of furan rings is 1. The minimum absolute atomic E-state index is 0.0967. The number of methoxy groups -OCH3 is 1. The molecule has 7 heteroatoms. The summed E-state index contributed by atoms with van der Waals surface area (Å²) >= 11 is 0. The van der Waals surface area contributed by atoms with Gasteiger partial charge < -0.3 is 9.15 Å². The molecule has 0 fully saturated rings. The molecule has 140 valence electrons. The molecule has 0 spiro atoms. The highest BCUT2D eigenvalue weighted by Gasteiger charge is 2.37. The Morgan fingerprint density at radius 3 is 2.32 bits per heavy atom. The van der Waals surface area contributed by atoms with Gasteiger partial charge in [0.05, 0.1) is 24.5 Å². The zero-order valence-corrected chi connectivity index (χ0v) is 15.0. The SMILES string of the molecule is COc1cccc(N(CN2C(=O)c3ccccc3C2=O)C(=O)c2ccco2)c1. The molecular weight excluding hydrogens is 360 g/mol. The highest BCUT2D eigenvalue weighted by molar-refractivity contribution is 6.21. The number of amides is 3. The van der Waals surface area contributed by atoms with Crippen LogP contribution < -0.4 is 9.64 Å². The van der Waals surface area contributed by atoms with E-state index in [0.29, 0.717) is 22.6 Å². The monoisotopic (exact) mass is 376 g/mol. The fourth-order valence-corrected chi connectivity index (χ4v) is 3.08. The van der Waals surface area contributed by atoms with Crippen molar-refractivity contribution in [2.45, 2.75) is 0 Å². The Bertz CT molecular complexity index is 1020. The number of carbonyl (C=O) groups is 3. The van der Waals surface area contributed by atoms with Crippen LogP contribution in [-0.4, -0.2) is 36.4 Å². The van der Waals surface area contributed by atoms with Crippen LogP contribution in [-0.2, 0) is 0 Å². The van der Waals surface area contributed by atoms with Gasteiger partial charge in [-0.05, 0) is 36.4 Å². The molecule has 0 unspecified atom stereocenters. The Labute approximate surface area is 160 Å². The summed E-state index contributed by atoms with van der Waals surface area (Å²) in [6, 6.07) is 16.5. The third kappa shape index (κ3) is 2.92. The standard InChI is InChI=1S/C21H16N2O5/c1-27-15-7-4-6-14(12-15)22(21(26)18-10-5-11-28-18)13-23-19(24)16-8-2-3-9-17(16)20(23)25/h2-12H,13H2,1H3. The molecular formula is C21H16N2O5. The molecule has 2 aromatic carbocycles. The first-order valence-electron chi connectivity index (χ1n) is 8.55. The first kappa shape index (κ1) is 17.5. The molecule has 1 aliphatic heterocycles. The van der Waals surface area contributed by atoms with Crippen LogP contribution in [0.25, 0.3) is 0 Å². The molecule has 0 bridgehead atoms. The smallest absolute Gasteiger partial charge is 0.295 e. The minimum Gasteiger partial charge on any atom is -0.497 e. The number of hydrogen-bond acceptors (Lipinski definition) is 5. The molecule has 0 atom stereocenters. The average molecular weight is 376 g/mol. The first-order valence-corrected chi connectivity index (χ1v) is 8.55. The fraction of sp³-hybridized carbons (Fsp3) is 0.0952. The lowest BCUT2D eigenvalue weighted by Gasteiger charge is -2.26. The van der Waals surface area contributed by atoms with E-state index in [0.717, 1.165) is 4.90 Å². The third-order valence-corrected chi connectivity index (χ3v) is 4.50. The number of rotatable bonds is 5. The molecule has 0 aliphatic carbocycles. The second-order valence-corrected chi connectivity index (χ2v) is 6.14. The summed E-state index contributed by atoms with van der Waals surface area (Å²) in [5, 5.41) is 0. The molecule has 0 saturated carbocycles. The quantitative estimate of drug-likeness (QED) is 0.639. The fourth-order valence-electron chi connectivity index (χ4n) is 3.08. The number of benzene rings is 2. The zero-order valence-electron chi connectivity index (χ0n) is 15.0. The molecule has 3 aromatic rings. The van der Waals surface area contributed by atoms with Crippen LogP contribution in [0.15, 0.2) is 71.3 Å². The van der Waals surface area contributed by atoms with Gasteiger partial charge in [0.1, 0.15) is 12.4 Å². The van der Waals surface area contributed by atoms with E-state index in [1.165, 1.54) is 24.3 Å². The number of ether oxygens (including phenoxy) is 1. The Morgan fingerprint density at radius 1 is 1.00 bits per heavy atom. The number of nitrogens with zero attached hydrogens (tertiary/aromatic N) is 2. The van der Waals surface area contributed by atoms with E-state index in [-0.39, 0.29) is 12.4 Å². The number of imide groups is 1. The van der Waals surface area contributed by atoms with Crippen molar-refractivity contribution in [1.82, 2.24) is 4.90 Å². The normalized spacial score (nSPS) is 12.8. The number of carbonyl (C=O) groups excluding carboxylic acids is 3. The first-order chi connectivity index (χ1) is 13.6. The lowest BCUT2D eigenvalue weighted by molar-refractivity contribution is 0.0649. The third-order valence-electron chi connectivity index (χ3n) is 4.50. The van der Waals surface area contributed by atoms with Crippen molar-refractivity contribution in [1.29, 1.82) is 0 Å². The maximum absolute atomic E-state index is 13.0. The van der Waals surface area contributed by atoms with Crippen LogP contribution in [0, 0.1) is 0 Å². The van der Waals surface area contributed by atoms with E-state index in [9.17, 15) is 14.4 Å². The number of hydrogen-bond donors (Lipinski definition) is 0. The van der Waals surface area contributed by atoms with Gasteiger partial charge in [0.25, 0.3) is 17.7 Å². The molecule has 1 aromatic heterocycles. The van der Waals surface area contributed by atoms with Crippen molar-refractivity contribution >= 4 is 23.4 Å². The number of anilines is 1. The molecule has 0 N–H and O–H groups in total. The molecule has 3 amide bonds. The van der Waals surface area contributed by atoms with Gasteiger partial charge in [-0.1, -0.05) is 18.2 Å². The van der Waals surface area contributed by atoms with Gasteiger partial charge in [-0.3, -0.25) is 24.2 Å². The van der Waals surface area contributed by atoms with Gasteiger partial charge in [0, 0.05) is 11.8 Å². The second-order valence-electron chi connectivity index (χ2n) is 6.14. The maximum Gasteiger partial charge on any atom is 0.295 e. The van der Waals surface area contributed by atoms with Crippen LogP contribution in [0.1, 0.15) is 31.3 Å². The lowest BCUT2D eigenvalue weighted by atomic mass is 10.1. The Hall–Kier alpha value is -3.87.